The Morgan fingerprint density at radius 2 is 2.00 bits per heavy atom. The molecule has 0 bridgehead atoms. The number of nitrogens with zero attached hydrogens (tertiary/aromatic N) is 1. The molecule has 14 heavy (non-hydrogen) atoms. The summed E-state index contributed by atoms with van der Waals surface area (Å²) in [6.45, 7) is 0. The molecule has 0 radical (unpaired) electrons. The highest BCUT2D eigenvalue weighted by Crippen LogP contribution is 2.23. The lowest BCUT2D eigenvalue weighted by Crippen LogP contribution is -2.09. The number of H-pyrrole nitrogens is 1. The van der Waals surface area contributed by atoms with Gasteiger partial charge in [0.2, 0.25) is 0 Å². The van der Waals surface area contributed by atoms with E-state index in [2.05, 4.69) is 16.0 Å². The number of pyridine rings is 1. The van der Waals surface area contributed by atoms with Crippen molar-refractivity contribution in [1.29, 1.82) is 0 Å². The highest BCUT2D eigenvalue weighted by atomic mass is 32.1. The molecule has 0 aliphatic rings. The van der Waals surface area contributed by atoms with E-state index >= 15 is 0 Å². The van der Waals surface area contributed by atoms with Crippen LogP contribution < -0.4 is 4.90 Å². The van der Waals surface area contributed by atoms with Crippen molar-refractivity contribution in [3.05, 3.63) is 35.0 Å². The fourth-order valence-corrected chi connectivity index (χ4v) is 1.80. The maximum Gasteiger partial charge on any atom is 0.0705 e. The molecule has 0 aliphatic heterocycles. The number of hydrogen-bond acceptors (Lipinski definition) is 2. The van der Waals surface area contributed by atoms with Crippen molar-refractivity contribution >= 4 is 28.8 Å². The van der Waals surface area contributed by atoms with E-state index in [-0.39, 0.29) is 0 Å². The average Bonchev–Trinajstić information content (AvgIpc) is 2.17. The third-order valence-corrected chi connectivity index (χ3v) is 2.61. The van der Waals surface area contributed by atoms with Crippen molar-refractivity contribution in [3.8, 4) is 0 Å². The minimum Gasteiger partial charge on any atom is -0.376 e. The van der Waals surface area contributed by atoms with Crippen LogP contribution in [0.4, 0.5) is 5.69 Å². The molecule has 1 heterocycles. The van der Waals surface area contributed by atoms with E-state index in [1.54, 1.807) is 0 Å². The lowest BCUT2D eigenvalue weighted by Gasteiger charge is -2.14. The van der Waals surface area contributed by atoms with Crippen LogP contribution >= 0.6 is 12.2 Å². The normalized spacial score (nSPS) is 10.4. The van der Waals surface area contributed by atoms with Crippen LogP contribution in [0.1, 0.15) is 0 Å². The van der Waals surface area contributed by atoms with E-state index in [1.165, 1.54) is 0 Å². The molecule has 1 aromatic carbocycles. The van der Waals surface area contributed by atoms with E-state index in [4.69, 9.17) is 12.2 Å². The highest BCUT2D eigenvalue weighted by molar-refractivity contribution is 7.71. The minimum absolute atomic E-state index is 0.891. The van der Waals surface area contributed by atoms with Gasteiger partial charge in [-0.05, 0) is 12.1 Å². The van der Waals surface area contributed by atoms with Gasteiger partial charge in [0.15, 0.2) is 0 Å². The smallest absolute Gasteiger partial charge is 0.0705 e. The largest absolute Gasteiger partial charge is 0.376 e. The van der Waals surface area contributed by atoms with Crippen molar-refractivity contribution in [2.75, 3.05) is 19.0 Å². The van der Waals surface area contributed by atoms with E-state index in [0.717, 1.165) is 21.1 Å². The van der Waals surface area contributed by atoms with Crippen molar-refractivity contribution in [2.24, 2.45) is 0 Å². The van der Waals surface area contributed by atoms with Crippen LogP contribution in [0.3, 0.4) is 0 Å². The quantitative estimate of drug-likeness (QED) is 0.720. The van der Waals surface area contributed by atoms with Gasteiger partial charge in [0, 0.05) is 30.2 Å². The van der Waals surface area contributed by atoms with E-state index in [9.17, 15) is 0 Å². The number of para-hydroxylation sites is 1. The lowest BCUT2D eigenvalue weighted by molar-refractivity contribution is 1.13. The minimum atomic E-state index is 0.891. The summed E-state index contributed by atoms with van der Waals surface area (Å²) in [5, 5.41) is 1.11. The fourth-order valence-electron chi connectivity index (χ4n) is 1.56. The van der Waals surface area contributed by atoms with Crippen LogP contribution in [0, 0.1) is 4.51 Å². The van der Waals surface area contributed by atoms with Crippen LogP contribution in [0.25, 0.3) is 10.9 Å². The summed E-state index contributed by atoms with van der Waals surface area (Å²) in [4.78, 5) is 5.31. The van der Waals surface area contributed by atoms with Gasteiger partial charge in [0.05, 0.1) is 11.2 Å². The molecule has 2 aromatic rings. The molecular formula is C11H12N2S. The molecule has 0 unspecified atom stereocenters. The highest BCUT2D eigenvalue weighted by Gasteiger charge is 2.02. The van der Waals surface area contributed by atoms with Crippen LogP contribution in [-0.2, 0) is 0 Å². The van der Waals surface area contributed by atoms with Crippen molar-refractivity contribution in [2.45, 2.75) is 0 Å². The number of benzene rings is 1. The molecule has 0 fully saturated rings. The molecule has 0 atom stereocenters. The standard InChI is InChI=1S/C11H12N2S/c1-13(2)9-5-3-4-8-10(14)6-7-12-11(8)9/h3-7H,1-2H3,(H,12,14). The van der Waals surface area contributed by atoms with Crippen LogP contribution in [0.2, 0.25) is 0 Å². The number of aromatic amines is 1. The van der Waals surface area contributed by atoms with Gasteiger partial charge in [0.25, 0.3) is 0 Å². The summed E-state index contributed by atoms with van der Waals surface area (Å²) in [7, 11) is 4.05. The van der Waals surface area contributed by atoms with Gasteiger partial charge in [-0.25, -0.2) is 0 Å². The molecule has 1 aromatic heterocycles. The third-order valence-electron chi connectivity index (χ3n) is 2.25. The molecule has 3 heteroatoms. The molecule has 0 aliphatic carbocycles. The third kappa shape index (κ3) is 1.40. The summed E-state index contributed by atoms with van der Waals surface area (Å²) in [6, 6.07) is 8.06. The fraction of sp³-hybridized carbons (Fsp3) is 0.182. The molecule has 2 nitrogen and oxygen atoms in total. The number of nitrogens with one attached hydrogen (secondary N) is 1. The lowest BCUT2D eigenvalue weighted by atomic mass is 10.2. The van der Waals surface area contributed by atoms with Gasteiger partial charge in [0.1, 0.15) is 0 Å². The summed E-state index contributed by atoms with van der Waals surface area (Å²) in [5.41, 5.74) is 2.26. The van der Waals surface area contributed by atoms with Gasteiger partial charge < -0.3 is 9.88 Å². The van der Waals surface area contributed by atoms with E-state index in [1.807, 2.05) is 38.5 Å². The SMILES string of the molecule is CN(C)c1cccc2c(=S)cc[nH]c12. The summed E-state index contributed by atoms with van der Waals surface area (Å²) >= 11 is 5.26. The second-order valence-corrected chi connectivity index (χ2v) is 3.88. The molecule has 2 rings (SSSR count). The number of anilines is 1. The summed E-state index contributed by atoms with van der Waals surface area (Å²) < 4.78 is 0.891. The van der Waals surface area contributed by atoms with Crippen molar-refractivity contribution in [3.63, 3.8) is 0 Å². The molecule has 0 amide bonds. The zero-order valence-electron chi connectivity index (χ0n) is 8.24. The molecule has 72 valence electrons. The van der Waals surface area contributed by atoms with Gasteiger partial charge in [-0.3, -0.25) is 0 Å². The Morgan fingerprint density at radius 1 is 1.21 bits per heavy atom. The summed E-state index contributed by atoms with van der Waals surface area (Å²) in [5.74, 6) is 0. The van der Waals surface area contributed by atoms with Crippen LogP contribution in [-0.4, -0.2) is 19.1 Å². The van der Waals surface area contributed by atoms with Gasteiger partial charge in [-0.15, -0.1) is 0 Å². The molecule has 0 spiro atoms. The maximum atomic E-state index is 5.26. The Balaban J connectivity index is 2.88. The van der Waals surface area contributed by atoms with Gasteiger partial charge >= 0.3 is 0 Å². The Bertz CT molecular complexity index is 514. The first-order valence-electron chi connectivity index (χ1n) is 4.48. The molecule has 0 saturated heterocycles. The number of rotatable bonds is 1. The van der Waals surface area contributed by atoms with Crippen molar-refractivity contribution in [1.82, 2.24) is 4.98 Å². The number of hydrogen-bond donors (Lipinski definition) is 1. The Labute approximate surface area is 88.2 Å². The average molecular weight is 204 g/mol. The zero-order chi connectivity index (χ0) is 10.1. The zero-order valence-corrected chi connectivity index (χ0v) is 9.06. The Kier molecular flexibility index (Phi) is 2.25. The number of fused-ring (bicyclic) bond motifs is 1. The number of aromatic nitrogens is 1. The van der Waals surface area contributed by atoms with E-state index < -0.39 is 0 Å². The Morgan fingerprint density at radius 3 is 2.71 bits per heavy atom. The maximum absolute atomic E-state index is 5.26. The first kappa shape index (κ1) is 9.21. The van der Waals surface area contributed by atoms with Crippen LogP contribution in [0.5, 0.6) is 0 Å². The Hall–Kier alpha value is -1.35. The predicted molar refractivity (Wildman–Crippen MR) is 63.5 cm³/mol. The second kappa shape index (κ2) is 3.42. The van der Waals surface area contributed by atoms with Gasteiger partial charge in [-0.2, -0.15) is 0 Å². The first-order chi connectivity index (χ1) is 6.70. The molecular weight excluding hydrogens is 192 g/mol. The van der Waals surface area contributed by atoms with Gasteiger partial charge in [-0.1, -0.05) is 24.4 Å². The monoisotopic (exact) mass is 204 g/mol. The first-order valence-corrected chi connectivity index (χ1v) is 4.89. The second-order valence-electron chi connectivity index (χ2n) is 3.44. The molecule has 1 N–H and O–H groups in total. The van der Waals surface area contributed by atoms with E-state index in [0.29, 0.717) is 0 Å². The van der Waals surface area contributed by atoms with Crippen molar-refractivity contribution < 1.29 is 0 Å². The predicted octanol–water partition coefficient (Wildman–Crippen LogP) is 2.96. The summed E-state index contributed by atoms with van der Waals surface area (Å²) in [6.07, 6.45) is 1.89. The van der Waals surface area contributed by atoms with Crippen LogP contribution in [0.15, 0.2) is 30.5 Å². The topological polar surface area (TPSA) is 19.0 Å². The molecule has 0 saturated carbocycles.